The summed E-state index contributed by atoms with van der Waals surface area (Å²) in [6.45, 7) is 0. The number of nitrogens with two attached hydrogens (primary N) is 1. The van der Waals surface area contributed by atoms with Crippen molar-refractivity contribution in [3.63, 3.8) is 0 Å². The Hall–Kier alpha value is -2.37. The lowest BCUT2D eigenvalue weighted by Gasteiger charge is -2.22. The molecule has 0 saturated heterocycles. The quantitative estimate of drug-likeness (QED) is 0.902. The molecule has 110 valence electrons. The van der Waals surface area contributed by atoms with E-state index in [2.05, 4.69) is 15.4 Å². The first-order chi connectivity index (χ1) is 10.3. The Morgan fingerprint density at radius 1 is 1.24 bits per heavy atom. The second kappa shape index (κ2) is 5.95. The molecular weight excluding hydrogens is 266 g/mol. The number of nitrogen functional groups attached to an aromatic ring is 1. The van der Waals surface area contributed by atoms with Crippen LogP contribution in [0.3, 0.4) is 0 Å². The fourth-order valence-electron chi connectivity index (χ4n) is 2.73. The Balaban J connectivity index is 1.77. The maximum absolute atomic E-state index is 12.3. The molecular formula is C15H19N5O. The highest BCUT2D eigenvalue weighted by molar-refractivity contribution is 5.98. The molecule has 1 aliphatic rings. The number of aromatic nitrogens is 3. The standard InChI is InChI=1S/C15H19N5O/c16-14-13(15(21)19-11-4-2-1-3-5-11)10-18-20(14)12-6-8-17-9-7-12/h6-11H,1-5,16H2,(H,19,21). The average molecular weight is 285 g/mol. The van der Waals surface area contributed by atoms with Crippen molar-refractivity contribution in [2.24, 2.45) is 0 Å². The SMILES string of the molecule is Nc1c(C(=O)NC2CCCCC2)cnn1-c1ccncc1. The van der Waals surface area contributed by atoms with Crippen molar-refractivity contribution in [1.82, 2.24) is 20.1 Å². The van der Waals surface area contributed by atoms with Crippen molar-refractivity contribution in [1.29, 1.82) is 0 Å². The summed E-state index contributed by atoms with van der Waals surface area (Å²) in [5.74, 6) is 0.217. The molecule has 3 rings (SSSR count). The van der Waals surface area contributed by atoms with Gasteiger partial charge in [-0.2, -0.15) is 5.10 Å². The summed E-state index contributed by atoms with van der Waals surface area (Å²) < 4.78 is 1.55. The molecule has 0 spiro atoms. The van der Waals surface area contributed by atoms with Crippen molar-refractivity contribution in [3.05, 3.63) is 36.3 Å². The third kappa shape index (κ3) is 2.89. The molecule has 2 heterocycles. The van der Waals surface area contributed by atoms with Gasteiger partial charge in [0.05, 0.1) is 11.9 Å². The smallest absolute Gasteiger partial charge is 0.256 e. The normalized spacial score (nSPS) is 15.8. The monoisotopic (exact) mass is 285 g/mol. The van der Waals surface area contributed by atoms with E-state index in [9.17, 15) is 4.79 Å². The van der Waals surface area contributed by atoms with Gasteiger partial charge in [-0.25, -0.2) is 4.68 Å². The van der Waals surface area contributed by atoms with Gasteiger partial charge >= 0.3 is 0 Å². The lowest BCUT2D eigenvalue weighted by atomic mass is 9.95. The van der Waals surface area contributed by atoms with Crippen molar-refractivity contribution < 1.29 is 4.79 Å². The minimum Gasteiger partial charge on any atom is -0.383 e. The molecule has 3 N–H and O–H groups in total. The molecule has 6 heteroatoms. The fourth-order valence-corrected chi connectivity index (χ4v) is 2.73. The molecule has 2 aromatic heterocycles. The Kier molecular flexibility index (Phi) is 3.85. The molecule has 0 aromatic carbocycles. The number of carbonyl (C=O) groups excluding carboxylic acids is 1. The number of nitrogens with one attached hydrogen (secondary N) is 1. The van der Waals surface area contributed by atoms with E-state index in [4.69, 9.17) is 5.73 Å². The zero-order valence-corrected chi connectivity index (χ0v) is 11.8. The molecule has 0 unspecified atom stereocenters. The van der Waals surface area contributed by atoms with Crippen LogP contribution in [0.15, 0.2) is 30.7 Å². The number of carbonyl (C=O) groups is 1. The van der Waals surface area contributed by atoms with Gasteiger partial charge in [0.25, 0.3) is 5.91 Å². The maximum Gasteiger partial charge on any atom is 0.256 e. The van der Waals surface area contributed by atoms with Crippen molar-refractivity contribution in [2.75, 3.05) is 5.73 Å². The molecule has 0 atom stereocenters. The summed E-state index contributed by atoms with van der Waals surface area (Å²) in [6.07, 6.45) is 10.6. The van der Waals surface area contributed by atoms with E-state index in [1.54, 1.807) is 29.2 Å². The molecule has 0 radical (unpaired) electrons. The van der Waals surface area contributed by atoms with Gasteiger partial charge in [-0.05, 0) is 25.0 Å². The van der Waals surface area contributed by atoms with Gasteiger partial charge in [-0.3, -0.25) is 9.78 Å². The fraction of sp³-hybridized carbons (Fsp3) is 0.400. The Morgan fingerprint density at radius 2 is 1.95 bits per heavy atom. The van der Waals surface area contributed by atoms with Crippen molar-refractivity contribution >= 4 is 11.7 Å². The number of anilines is 1. The largest absolute Gasteiger partial charge is 0.383 e. The Labute approximate surface area is 123 Å². The van der Waals surface area contributed by atoms with Crippen LogP contribution in [0.25, 0.3) is 5.69 Å². The van der Waals surface area contributed by atoms with Gasteiger partial charge in [-0.15, -0.1) is 0 Å². The molecule has 6 nitrogen and oxygen atoms in total. The molecule has 0 aliphatic heterocycles. The van der Waals surface area contributed by atoms with Crippen LogP contribution in [0, 0.1) is 0 Å². The highest BCUT2D eigenvalue weighted by Gasteiger charge is 2.20. The summed E-state index contributed by atoms with van der Waals surface area (Å²) in [7, 11) is 0. The van der Waals surface area contributed by atoms with Crippen LogP contribution in [0.2, 0.25) is 0 Å². The van der Waals surface area contributed by atoms with Gasteiger partial charge in [0.1, 0.15) is 11.4 Å². The van der Waals surface area contributed by atoms with Crippen LogP contribution in [0.5, 0.6) is 0 Å². The number of amides is 1. The average Bonchev–Trinajstić information content (AvgIpc) is 2.91. The molecule has 1 amide bonds. The number of hydrogen-bond acceptors (Lipinski definition) is 4. The Bertz CT molecular complexity index is 616. The third-order valence-electron chi connectivity index (χ3n) is 3.90. The van der Waals surface area contributed by atoms with Crippen molar-refractivity contribution in [2.45, 2.75) is 38.1 Å². The number of hydrogen-bond donors (Lipinski definition) is 2. The van der Waals surface area contributed by atoms with Crippen LogP contribution in [-0.4, -0.2) is 26.7 Å². The molecule has 2 aromatic rings. The van der Waals surface area contributed by atoms with Gasteiger partial charge in [-0.1, -0.05) is 19.3 Å². The number of rotatable bonds is 3. The first kappa shape index (κ1) is 13.6. The second-order valence-corrected chi connectivity index (χ2v) is 5.37. The van der Waals surface area contributed by atoms with E-state index in [1.807, 2.05) is 0 Å². The summed E-state index contributed by atoms with van der Waals surface area (Å²) in [6, 6.07) is 3.85. The minimum absolute atomic E-state index is 0.139. The highest BCUT2D eigenvalue weighted by atomic mass is 16.1. The zero-order chi connectivity index (χ0) is 14.7. The number of pyridine rings is 1. The topological polar surface area (TPSA) is 85.8 Å². The lowest BCUT2D eigenvalue weighted by Crippen LogP contribution is -2.36. The first-order valence-electron chi connectivity index (χ1n) is 7.30. The molecule has 1 saturated carbocycles. The van der Waals surface area contributed by atoms with E-state index >= 15 is 0 Å². The summed E-state index contributed by atoms with van der Waals surface area (Å²) in [5, 5.41) is 7.26. The summed E-state index contributed by atoms with van der Waals surface area (Å²) in [5.41, 5.74) is 7.28. The number of nitrogens with zero attached hydrogens (tertiary/aromatic N) is 3. The van der Waals surface area contributed by atoms with E-state index in [-0.39, 0.29) is 11.9 Å². The van der Waals surface area contributed by atoms with Crippen LogP contribution < -0.4 is 11.1 Å². The Morgan fingerprint density at radius 3 is 2.67 bits per heavy atom. The molecule has 1 aliphatic carbocycles. The van der Waals surface area contributed by atoms with Gasteiger partial charge in [0.15, 0.2) is 0 Å². The van der Waals surface area contributed by atoms with E-state index < -0.39 is 0 Å². The second-order valence-electron chi connectivity index (χ2n) is 5.37. The van der Waals surface area contributed by atoms with Crippen molar-refractivity contribution in [3.8, 4) is 5.69 Å². The van der Waals surface area contributed by atoms with Crippen LogP contribution in [0.1, 0.15) is 42.5 Å². The minimum atomic E-state index is -0.139. The predicted molar refractivity (Wildman–Crippen MR) is 80.1 cm³/mol. The highest BCUT2D eigenvalue weighted by Crippen LogP contribution is 2.20. The van der Waals surface area contributed by atoms with Gasteiger partial charge in [0.2, 0.25) is 0 Å². The van der Waals surface area contributed by atoms with Crippen LogP contribution in [0.4, 0.5) is 5.82 Å². The van der Waals surface area contributed by atoms with Crippen LogP contribution >= 0.6 is 0 Å². The van der Waals surface area contributed by atoms with E-state index in [0.29, 0.717) is 11.4 Å². The van der Waals surface area contributed by atoms with E-state index in [1.165, 1.54) is 25.5 Å². The predicted octanol–water partition coefficient (Wildman–Crippen LogP) is 1.91. The molecule has 21 heavy (non-hydrogen) atoms. The molecule has 1 fully saturated rings. The lowest BCUT2D eigenvalue weighted by molar-refractivity contribution is 0.0928. The van der Waals surface area contributed by atoms with E-state index in [0.717, 1.165) is 18.5 Å². The summed E-state index contributed by atoms with van der Waals surface area (Å²) in [4.78, 5) is 16.3. The van der Waals surface area contributed by atoms with Gasteiger partial charge in [0, 0.05) is 18.4 Å². The molecule has 0 bridgehead atoms. The van der Waals surface area contributed by atoms with Gasteiger partial charge < -0.3 is 11.1 Å². The van der Waals surface area contributed by atoms with Crippen LogP contribution in [-0.2, 0) is 0 Å². The maximum atomic E-state index is 12.3. The third-order valence-corrected chi connectivity index (χ3v) is 3.90. The summed E-state index contributed by atoms with van der Waals surface area (Å²) >= 11 is 0. The zero-order valence-electron chi connectivity index (χ0n) is 11.8. The first-order valence-corrected chi connectivity index (χ1v) is 7.30.